The fraction of sp³-hybridized carbons (Fsp3) is 0.0556. The van der Waals surface area contributed by atoms with Crippen molar-refractivity contribution < 1.29 is 4.79 Å². The Kier molecular flexibility index (Phi) is 3.88. The third-order valence-electron chi connectivity index (χ3n) is 3.67. The fourth-order valence-electron chi connectivity index (χ4n) is 2.49. The molecule has 4 rings (SSSR count). The highest BCUT2D eigenvalue weighted by atomic mass is 32.2. The van der Waals surface area contributed by atoms with E-state index < -0.39 is 0 Å². The molecule has 1 aliphatic heterocycles. The lowest BCUT2D eigenvalue weighted by atomic mass is 10.2. The number of carbonyl (C=O) groups excluding carboxylic acids is 1. The van der Waals surface area contributed by atoms with Crippen LogP contribution in [-0.2, 0) is 10.5 Å². The van der Waals surface area contributed by atoms with Gasteiger partial charge in [0.05, 0.1) is 0 Å². The molecular weight excluding hydrogens is 320 g/mol. The minimum atomic E-state index is -0.177. The first kappa shape index (κ1) is 14.7. The molecule has 1 amide bonds. The van der Waals surface area contributed by atoms with Gasteiger partial charge in [-0.2, -0.15) is 0 Å². The molecule has 1 aromatic carbocycles. The number of fused-ring (bicyclic) bond motifs is 1. The van der Waals surface area contributed by atoms with Crippen molar-refractivity contribution in [3.05, 3.63) is 71.7 Å². The number of carbonyl (C=O) groups is 1. The second-order valence-corrected chi connectivity index (χ2v) is 6.28. The summed E-state index contributed by atoms with van der Waals surface area (Å²) in [5, 5.41) is 4.42. The first-order chi connectivity index (χ1) is 11.8. The molecule has 3 aromatic rings. The van der Waals surface area contributed by atoms with Crippen molar-refractivity contribution in [3.8, 4) is 0 Å². The van der Waals surface area contributed by atoms with Crippen molar-refractivity contribution in [1.29, 1.82) is 0 Å². The fourth-order valence-corrected chi connectivity index (χ4v) is 3.31. The molecule has 0 spiro atoms. The van der Waals surface area contributed by atoms with Gasteiger partial charge in [0.25, 0.3) is 5.91 Å². The van der Waals surface area contributed by atoms with Crippen molar-refractivity contribution in [2.45, 2.75) is 5.75 Å². The van der Waals surface area contributed by atoms with Crippen LogP contribution in [0.4, 0.5) is 0 Å². The number of aliphatic imine (C=N–C) groups is 1. The van der Waals surface area contributed by atoms with Crippen LogP contribution >= 0.6 is 11.8 Å². The number of thioether (sulfide) groups is 1. The molecule has 6 heteroatoms. The Hall–Kier alpha value is -2.86. The number of aromatic nitrogens is 2. The molecule has 0 saturated heterocycles. The summed E-state index contributed by atoms with van der Waals surface area (Å²) in [5.41, 5.74) is 3.31. The minimum Gasteiger partial charge on any atom is -0.346 e. The van der Waals surface area contributed by atoms with Gasteiger partial charge in [0.15, 0.2) is 5.17 Å². The van der Waals surface area contributed by atoms with E-state index in [-0.39, 0.29) is 5.91 Å². The molecule has 0 unspecified atom stereocenters. The van der Waals surface area contributed by atoms with Crippen LogP contribution in [0.25, 0.3) is 17.1 Å². The highest BCUT2D eigenvalue weighted by molar-refractivity contribution is 8.13. The number of hydrogen-bond acceptors (Lipinski definition) is 4. The molecule has 0 saturated carbocycles. The zero-order chi connectivity index (χ0) is 16.4. The summed E-state index contributed by atoms with van der Waals surface area (Å²) >= 11 is 1.52. The van der Waals surface area contributed by atoms with E-state index in [1.54, 1.807) is 12.3 Å². The molecular formula is C18H14N4OS. The van der Waals surface area contributed by atoms with E-state index in [4.69, 9.17) is 0 Å². The maximum absolute atomic E-state index is 12.1. The number of amides is 1. The molecule has 118 valence electrons. The van der Waals surface area contributed by atoms with Gasteiger partial charge >= 0.3 is 0 Å². The summed E-state index contributed by atoms with van der Waals surface area (Å²) < 4.78 is 0. The summed E-state index contributed by atoms with van der Waals surface area (Å²) in [6.07, 6.45) is 5.35. The van der Waals surface area contributed by atoms with E-state index in [0.29, 0.717) is 10.9 Å². The molecule has 0 aliphatic carbocycles. The van der Waals surface area contributed by atoms with Crippen LogP contribution in [-0.4, -0.2) is 21.0 Å². The van der Waals surface area contributed by atoms with Crippen LogP contribution in [0.3, 0.4) is 0 Å². The summed E-state index contributed by atoms with van der Waals surface area (Å²) in [7, 11) is 0. The van der Waals surface area contributed by atoms with Gasteiger partial charge < -0.3 is 4.98 Å². The number of nitrogens with one attached hydrogen (secondary N) is 2. The number of aromatic amines is 1. The molecule has 2 aromatic heterocycles. The number of benzene rings is 1. The van der Waals surface area contributed by atoms with Crippen LogP contribution < -0.4 is 5.32 Å². The smallest absolute Gasteiger partial charge is 0.275 e. The van der Waals surface area contributed by atoms with E-state index in [0.717, 1.165) is 22.3 Å². The first-order valence-electron chi connectivity index (χ1n) is 7.50. The Morgan fingerprint density at radius 1 is 1.12 bits per heavy atom. The topological polar surface area (TPSA) is 70.1 Å². The van der Waals surface area contributed by atoms with Crippen LogP contribution in [0.15, 0.2) is 65.5 Å². The maximum Gasteiger partial charge on any atom is 0.275 e. The molecule has 5 nitrogen and oxygen atoms in total. The lowest BCUT2D eigenvalue weighted by molar-refractivity contribution is -0.115. The number of rotatable bonds is 3. The molecule has 0 fully saturated rings. The lowest BCUT2D eigenvalue weighted by Gasteiger charge is -2.00. The average molecular weight is 334 g/mol. The Labute approximate surface area is 142 Å². The standard InChI is InChI=1S/C18H14N4OS/c23-17-15(9-13-10-20-16-14(13)7-4-8-19-16)21-18(22-17)24-11-12-5-2-1-3-6-12/h1-10H,11H2,(H,19,20)(H,21,22,23)/b15-9-. The third-order valence-corrected chi connectivity index (χ3v) is 4.61. The van der Waals surface area contributed by atoms with Gasteiger partial charge in [-0.15, -0.1) is 0 Å². The van der Waals surface area contributed by atoms with Crippen molar-refractivity contribution in [1.82, 2.24) is 15.3 Å². The minimum absolute atomic E-state index is 0.177. The van der Waals surface area contributed by atoms with Crippen molar-refractivity contribution >= 4 is 39.9 Å². The van der Waals surface area contributed by atoms with Crippen LogP contribution in [0.2, 0.25) is 0 Å². The monoisotopic (exact) mass is 334 g/mol. The van der Waals surface area contributed by atoms with E-state index in [1.807, 2.05) is 36.5 Å². The Bertz CT molecular complexity index is 959. The molecule has 1 aliphatic rings. The number of pyridine rings is 1. The predicted octanol–water partition coefficient (Wildman–Crippen LogP) is 3.32. The molecule has 24 heavy (non-hydrogen) atoms. The first-order valence-corrected chi connectivity index (χ1v) is 8.49. The Morgan fingerprint density at radius 2 is 2.00 bits per heavy atom. The summed E-state index contributed by atoms with van der Waals surface area (Å²) in [5.74, 6) is 0.591. The van der Waals surface area contributed by atoms with Crippen molar-refractivity contribution in [3.63, 3.8) is 0 Å². The van der Waals surface area contributed by atoms with Gasteiger partial charge in [-0.05, 0) is 23.8 Å². The normalized spacial score (nSPS) is 15.8. The number of hydrogen-bond donors (Lipinski definition) is 2. The van der Waals surface area contributed by atoms with Gasteiger partial charge in [0.1, 0.15) is 11.3 Å². The maximum atomic E-state index is 12.1. The zero-order valence-electron chi connectivity index (χ0n) is 12.7. The predicted molar refractivity (Wildman–Crippen MR) is 97.4 cm³/mol. The van der Waals surface area contributed by atoms with Gasteiger partial charge in [-0.3, -0.25) is 10.1 Å². The average Bonchev–Trinajstić information content (AvgIpc) is 3.18. The summed E-state index contributed by atoms with van der Waals surface area (Å²) in [6, 6.07) is 13.9. The van der Waals surface area contributed by atoms with Crippen LogP contribution in [0.5, 0.6) is 0 Å². The van der Waals surface area contributed by atoms with Crippen molar-refractivity contribution in [2.75, 3.05) is 0 Å². The quantitative estimate of drug-likeness (QED) is 0.722. The van der Waals surface area contributed by atoms with E-state index in [2.05, 4.69) is 32.4 Å². The molecule has 0 bridgehead atoms. The summed E-state index contributed by atoms with van der Waals surface area (Å²) in [6.45, 7) is 0. The van der Waals surface area contributed by atoms with E-state index in [1.165, 1.54) is 17.3 Å². The molecule has 3 heterocycles. The highest BCUT2D eigenvalue weighted by Crippen LogP contribution is 2.22. The van der Waals surface area contributed by atoms with Gasteiger partial charge in [-0.25, -0.2) is 9.98 Å². The molecule has 0 atom stereocenters. The van der Waals surface area contributed by atoms with Gasteiger partial charge in [0.2, 0.25) is 0 Å². The Morgan fingerprint density at radius 3 is 2.88 bits per heavy atom. The zero-order valence-corrected chi connectivity index (χ0v) is 13.5. The van der Waals surface area contributed by atoms with Crippen LogP contribution in [0, 0.1) is 0 Å². The third kappa shape index (κ3) is 2.96. The van der Waals surface area contributed by atoms with Crippen LogP contribution in [0.1, 0.15) is 11.1 Å². The number of nitrogens with zero attached hydrogens (tertiary/aromatic N) is 2. The Balaban J connectivity index is 1.55. The summed E-state index contributed by atoms with van der Waals surface area (Å²) in [4.78, 5) is 23.9. The largest absolute Gasteiger partial charge is 0.346 e. The van der Waals surface area contributed by atoms with Gasteiger partial charge in [-0.1, -0.05) is 42.1 Å². The van der Waals surface area contributed by atoms with E-state index in [9.17, 15) is 4.79 Å². The van der Waals surface area contributed by atoms with Gasteiger partial charge in [0, 0.05) is 29.1 Å². The second-order valence-electron chi connectivity index (χ2n) is 5.32. The molecule has 2 N–H and O–H groups in total. The molecule has 0 radical (unpaired) electrons. The highest BCUT2D eigenvalue weighted by Gasteiger charge is 2.20. The number of amidine groups is 1. The SMILES string of the molecule is O=C1NC(SCc2ccccc2)=N/C1=C\c1c[nH]c2ncccc12. The second kappa shape index (κ2) is 6.33. The van der Waals surface area contributed by atoms with Crippen molar-refractivity contribution in [2.24, 2.45) is 4.99 Å². The number of H-pyrrole nitrogens is 1. The lowest BCUT2D eigenvalue weighted by Crippen LogP contribution is -2.21. The van der Waals surface area contributed by atoms with E-state index >= 15 is 0 Å².